The lowest BCUT2D eigenvalue weighted by atomic mass is 10.0. The largest absolute Gasteiger partial charge is 0.390 e. The molecule has 128 valence electrons. The maximum atomic E-state index is 12.2. The number of nitrogens with one attached hydrogen (secondary N) is 1. The molecule has 7 heteroatoms. The summed E-state index contributed by atoms with van der Waals surface area (Å²) in [5, 5.41) is 17.6. The van der Waals surface area contributed by atoms with Crippen LogP contribution in [-0.4, -0.2) is 20.6 Å². The standard InChI is InChI=1S/C17H22N4O3/c1-4-15(14-7-5-12(2)6-8-14)18-17(22)9-10-20-13(3)11-16(19-20)21(23)24/h5-8,11,15H,4,9-10H2,1-3H3,(H,18,22). The van der Waals surface area contributed by atoms with Crippen LogP contribution in [0.25, 0.3) is 0 Å². The number of amides is 1. The number of carbonyl (C=O) groups is 1. The van der Waals surface area contributed by atoms with Gasteiger partial charge in [0.2, 0.25) is 5.91 Å². The second-order valence-electron chi connectivity index (χ2n) is 5.81. The van der Waals surface area contributed by atoms with Crippen molar-refractivity contribution in [3.05, 3.63) is 57.3 Å². The van der Waals surface area contributed by atoms with Crippen molar-refractivity contribution in [2.45, 2.75) is 46.2 Å². The van der Waals surface area contributed by atoms with Crippen molar-refractivity contribution in [2.24, 2.45) is 0 Å². The molecule has 2 aromatic rings. The van der Waals surface area contributed by atoms with Crippen molar-refractivity contribution >= 4 is 11.7 Å². The number of nitrogens with zero attached hydrogens (tertiary/aromatic N) is 3. The minimum Gasteiger partial charge on any atom is -0.358 e. The average molecular weight is 330 g/mol. The van der Waals surface area contributed by atoms with Gasteiger partial charge in [0.25, 0.3) is 0 Å². The van der Waals surface area contributed by atoms with E-state index in [1.54, 1.807) is 6.92 Å². The van der Waals surface area contributed by atoms with Gasteiger partial charge in [-0.25, -0.2) is 0 Å². The summed E-state index contributed by atoms with van der Waals surface area (Å²) in [6.07, 6.45) is 1.02. The summed E-state index contributed by atoms with van der Waals surface area (Å²) in [6, 6.07) is 9.45. The Bertz CT molecular complexity index is 722. The Morgan fingerprint density at radius 1 is 1.33 bits per heavy atom. The third-order valence-corrected chi connectivity index (χ3v) is 3.93. The van der Waals surface area contributed by atoms with E-state index in [2.05, 4.69) is 10.4 Å². The summed E-state index contributed by atoms with van der Waals surface area (Å²) in [5.41, 5.74) is 2.91. The van der Waals surface area contributed by atoms with Gasteiger partial charge < -0.3 is 15.4 Å². The zero-order valence-electron chi connectivity index (χ0n) is 14.2. The SMILES string of the molecule is CCC(NC(=O)CCn1nc([N+](=O)[O-])cc1C)c1ccc(C)cc1. The molecule has 0 spiro atoms. The lowest BCUT2D eigenvalue weighted by Crippen LogP contribution is -2.29. The van der Waals surface area contributed by atoms with Crippen molar-refractivity contribution in [2.75, 3.05) is 0 Å². The van der Waals surface area contributed by atoms with Gasteiger partial charge in [-0.05, 0) is 30.8 Å². The number of hydrogen-bond acceptors (Lipinski definition) is 4. The Morgan fingerprint density at radius 2 is 2.00 bits per heavy atom. The molecular formula is C17H22N4O3. The molecule has 1 N–H and O–H groups in total. The zero-order chi connectivity index (χ0) is 17.7. The van der Waals surface area contributed by atoms with E-state index in [9.17, 15) is 14.9 Å². The van der Waals surface area contributed by atoms with Gasteiger partial charge in [-0.15, -0.1) is 0 Å². The lowest BCUT2D eigenvalue weighted by molar-refractivity contribution is -0.389. The van der Waals surface area contributed by atoms with Gasteiger partial charge in [0.1, 0.15) is 0 Å². The normalized spacial score (nSPS) is 12.0. The molecule has 1 unspecified atom stereocenters. The first kappa shape index (κ1) is 17.7. The van der Waals surface area contributed by atoms with Gasteiger partial charge in [-0.2, -0.15) is 4.68 Å². The fourth-order valence-corrected chi connectivity index (χ4v) is 2.50. The van der Waals surface area contributed by atoms with Gasteiger partial charge >= 0.3 is 5.82 Å². The number of carbonyl (C=O) groups excluding carboxylic acids is 1. The summed E-state index contributed by atoms with van der Waals surface area (Å²) in [5.74, 6) is -0.293. The van der Waals surface area contributed by atoms with Gasteiger partial charge in [-0.1, -0.05) is 36.8 Å². The van der Waals surface area contributed by atoms with Crippen LogP contribution in [0.2, 0.25) is 0 Å². The maximum absolute atomic E-state index is 12.2. The van der Waals surface area contributed by atoms with Gasteiger partial charge in [0.05, 0.1) is 29.4 Å². The molecule has 1 heterocycles. The van der Waals surface area contributed by atoms with Crippen LogP contribution in [0.3, 0.4) is 0 Å². The molecule has 0 aliphatic heterocycles. The number of nitro groups is 1. The van der Waals surface area contributed by atoms with Crippen LogP contribution in [0, 0.1) is 24.0 Å². The van der Waals surface area contributed by atoms with E-state index in [-0.39, 0.29) is 24.2 Å². The quantitative estimate of drug-likeness (QED) is 0.624. The maximum Gasteiger partial charge on any atom is 0.390 e. The van der Waals surface area contributed by atoms with Crippen LogP contribution in [0.15, 0.2) is 30.3 Å². The Balaban J connectivity index is 1.94. The van der Waals surface area contributed by atoms with Crippen molar-refractivity contribution in [3.8, 4) is 0 Å². The van der Waals surface area contributed by atoms with Crippen molar-refractivity contribution in [1.82, 2.24) is 15.1 Å². The Labute approximate surface area is 140 Å². The predicted octanol–water partition coefficient (Wildman–Crippen LogP) is 3.07. The molecule has 1 aromatic heterocycles. The first-order chi connectivity index (χ1) is 11.4. The number of aryl methyl sites for hydroxylation is 3. The van der Waals surface area contributed by atoms with E-state index >= 15 is 0 Å². The Morgan fingerprint density at radius 3 is 2.54 bits per heavy atom. The molecule has 0 saturated heterocycles. The highest BCUT2D eigenvalue weighted by atomic mass is 16.6. The van der Waals surface area contributed by atoms with E-state index in [4.69, 9.17) is 0 Å². The predicted molar refractivity (Wildman–Crippen MR) is 90.6 cm³/mol. The zero-order valence-corrected chi connectivity index (χ0v) is 14.2. The first-order valence-corrected chi connectivity index (χ1v) is 7.95. The third kappa shape index (κ3) is 4.41. The number of aromatic nitrogens is 2. The molecule has 0 aliphatic rings. The molecule has 0 fully saturated rings. The molecule has 7 nitrogen and oxygen atoms in total. The van der Waals surface area contributed by atoms with E-state index < -0.39 is 4.92 Å². The highest BCUT2D eigenvalue weighted by Crippen LogP contribution is 2.17. The summed E-state index contributed by atoms with van der Waals surface area (Å²) < 4.78 is 1.49. The second kappa shape index (κ2) is 7.72. The average Bonchev–Trinajstić information content (AvgIpc) is 2.93. The topological polar surface area (TPSA) is 90.1 Å². The molecule has 24 heavy (non-hydrogen) atoms. The van der Waals surface area contributed by atoms with Crippen molar-refractivity contribution in [3.63, 3.8) is 0 Å². The summed E-state index contributed by atoms with van der Waals surface area (Å²) >= 11 is 0. The third-order valence-electron chi connectivity index (χ3n) is 3.93. The molecular weight excluding hydrogens is 308 g/mol. The van der Waals surface area contributed by atoms with Gasteiger partial charge in [-0.3, -0.25) is 4.79 Å². The van der Waals surface area contributed by atoms with E-state index in [0.717, 1.165) is 12.0 Å². The van der Waals surface area contributed by atoms with Crippen LogP contribution in [0.4, 0.5) is 5.82 Å². The fraction of sp³-hybridized carbons (Fsp3) is 0.412. The van der Waals surface area contributed by atoms with Crippen LogP contribution in [0.5, 0.6) is 0 Å². The fourth-order valence-electron chi connectivity index (χ4n) is 2.50. The smallest absolute Gasteiger partial charge is 0.358 e. The number of hydrogen-bond donors (Lipinski definition) is 1. The Hall–Kier alpha value is -2.70. The molecule has 0 aliphatic carbocycles. The molecule has 1 atom stereocenters. The monoisotopic (exact) mass is 330 g/mol. The van der Waals surface area contributed by atoms with E-state index in [1.165, 1.54) is 16.3 Å². The van der Waals surface area contributed by atoms with E-state index in [1.807, 2.05) is 38.1 Å². The summed E-state index contributed by atoms with van der Waals surface area (Å²) in [4.78, 5) is 22.4. The molecule has 2 rings (SSSR count). The van der Waals surface area contributed by atoms with Gasteiger partial charge in [0.15, 0.2) is 0 Å². The first-order valence-electron chi connectivity index (χ1n) is 7.95. The number of benzene rings is 1. The second-order valence-corrected chi connectivity index (χ2v) is 5.81. The van der Waals surface area contributed by atoms with Crippen molar-refractivity contribution in [1.29, 1.82) is 0 Å². The van der Waals surface area contributed by atoms with E-state index in [0.29, 0.717) is 12.2 Å². The van der Waals surface area contributed by atoms with Crippen molar-refractivity contribution < 1.29 is 9.72 Å². The summed E-state index contributed by atoms with van der Waals surface area (Å²) in [6.45, 7) is 6.09. The molecule has 1 amide bonds. The van der Waals surface area contributed by atoms with Crippen LogP contribution in [-0.2, 0) is 11.3 Å². The highest BCUT2D eigenvalue weighted by Gasteiger charge is 2.17. The molecule has 1 aromatic carbocycles. The van der Waals surface area contributed by atoms with Crippen LogP contribution in [0.1, 0.15) is 42.6 Å². The van der Waals surface area contributed by atoms with Crippen LogP contribution < -0.4 is 5.32 Å². The highest BCUT2D eigenvalue weighted by molar-refractivity contribution is 5.76. The Kier molecular flexibility index (Phi) is 5.68. The van der Waals surface area contributed by atoms with Crippen LogP contribution >= 0.6 is 0 Å². The lowest BCUT2D eigenvalue weighted by Gasteiger charge is -2.17. The molecule has 0 bridgehead atoms. The van der Waals surface area contributed by atoms with Gasteiger partial charge in [0, 0.05) is 6.42 Å². The summed E-state index contributed by atoms with van der Waals surface area (Å²) in [7, 11) is 0. The molecule has 0 radical (unpaired) electrons. The minimum absolute atomic E-state index is 0.0360. The number of rotatable bonds is 7. The molecule has 0 saturated carbocycles. The minimum atomic E-state index is -0.534.